The van der Waals surface area contributed by atoms with Crippen LogP contribution in [0.2, 0.25) is 5.02 Å². The SMILES string of the molecule is CC(C)c1ccc(Nc2ncnc(Nc3cccc(Cl)c3)c2[N+](=O)[O-])cc1. The fourth-order valence-electron chi connectivity index (χ4n) is 2.53. The number of halogens is 1. The lowest BCUT2D eigenvalue weighted by molar-refractivity contribution is -0.383. The molecule has 0 amide bonds. The molecule has 0 bridgehead atoms. The van der Waals surface area contributed by atoms with Gasteiger partial charge in [-0.25, -0.2) is 9.97 Å². The van der Waals surface area contributed by atoms with Gasteiger partial charge in [-0.1, -0.05) is 43.6 Å². The van der Waals surface area contributed by atoms with Gasteiger partial charge in [0.05, 0.1) is 4.92 Å². The van der Waals surface area contributed by atoms with E-state index in [1.807, 2.05) is 24.3 Å². The molecule has 0 aliphatic rings. The lowest BCUT2D eigenvalue weighted by atomic mass is 10.0. The van der Waals surface area contributed by atoms with Crippen molar-refractivity contribution in [2.75, 3.05) is 10.6 Å². The van der Waals surface area contributed by atoms with Crippen molar-refractivity contribution in [3.63, 3.8) is 0 Å². The van der Waals surface area contributed by atoms with Crippen molar-refractivity contribution in [1.82, 2.24) is 9.97 Å². The second kappa shape index (κ2) is 8.01. The van der Waals surface area contributed by atoms with E-state index in [0.717, 1.165) is 0 Å². The highest BCUT2D eigenvalue weighted by Gasteiger charge is 2.23. The van der Waals surface area contributed by atoms with Gasteiger partial charge in [-0.05, 0) is 41.8 Å². The summed E-state index contributed by atoms with van der Waals surface area (Å²) in [4.78, 5) is 19.2. The molecule has 0 radical (unpaired) electrons. The Balaban J connectivity index is 1.92. The van der Waals surface area contributed by atoms with Gasteiger partial charge in [-0.15, -0.1) is 0 Å². The zero-order chi connectivity index (χ0) is 19.4. The number of anilines is 4. The Morgan fingerprint density at radius 2 is 1.63 bits per heavy atom. The molecule has 8 heteroatoms. The number of benzene rings is 2. The van der Waals surface area contributed by atoms with Crippen LogP contribution in [0.1, 0.15) is 25.3 Å². The monoisotopic (exact) mass is 383 g/mol. The largest absolute Gasteiger partial charge is 0.353 e. The molecule has 0 saturated heterocycles. The van der Waals surface area contributed by atoms with E-state index in [2.05, 4.69) is 34.4 Å². The van der Waals surface area contributed by atoms with E-state index in [1.165, 1.54) is 11.9 Å². The van der Waals surface area contributed by atoms with Gasteiger partial charge in [0.1, 0.15) is 6.33 Å². The first kappa shape index (κ1) is 18.6. The third-order valence-corrected chi connectivity index (χ3v) is 4.17. The second-order valence-corrected chi connectivity index (χ2v) is 6.65. The number of nitrogens with zero attached hydrogens (tertiary/aromatic N) is 3. The molecule has 7 nitrogen and oxygen atoms in total. The third-order valence-electron chi connectivity index (χ3n) is 3.93. The summed E-state index contributed by atoms with van der Waals surface area (Å²) in [5.41, 5.74) is 2.23. The van der Waals surface area contributed by atoms with Crippen molar-refractivity contribution in [2.45, 2.75) is 19.8 Å². The molecule has 2 N–H and O–H groups in total. The molecule has 3 aromatic rings. The van der Waals surface area contributed by atoms with Crippen molar-refractivity contribution < 1.29 is 4.92 Å². The minimum atomic E-state index is -0.516. The minimum absolute atomic E-state index is 0.0820. The number of rotatable bonds is 6. The Labute approximate surface area is 161 Å². The fraction of sp³-hybridized carbons (Fsp3) is 0.158. The summed E-state index contributed by atoms with van der Waals surface area (Å²) in [5, 5.41) is 18.1. The number of hydrogen-bond acceptors (Lipinski definition) is 6. The quantitative estimate of drug-likeness (QED) is 0.422. The highest BCUT2D eigenvalue weighted by atomic mass is 35.5. The second-order valence-electron chi connectivity index (χ2n) is 6.21. The van der Waals surface area contributed by atoms with Crippen LogP contribution in [-0.2, 0) is 0 Å². The summed E-state index contributed by atoms with van der Waals surface area (Å²) in [6.07, 6.45) is 1.27. The maximum Gasteiger partial charge on any atom is 0.353 e. The summed E-state index contributed by atoms with van der Waals surface area (Å²) in [7, 11) is 0. The smallest absolute Gasteiger partial charge is 0.334 e. The van der Waals surface area contributed by atoms with Crippen molar-refractivity contribution in [2.24, 2.45) is 0 Å². The summed E-state index contributed by atoms with van der Waals surface area (Å²) in [6.45, 7) is 4.21. The van der Waals surface area contributed by atoms with E-state index in [4.69, 9.17) is 11.6 Å². The molecule has 1 aromatic heterocycles. The molecule has 0 fully saturated rings. The molecule has 2 aromatic carbocycles. The van der Waals surface area contributed by atoms with Gasteiger partial charge < -0.3 is 10.6 Å². The van der Waals surface area contributed by atoms with Gasteiger partial charge in [0.15, 0.2) is 0 Å². The lowest BCUT2D eigenvalue weighted by Gasteiger charge is -2.11. The molecule has 0 aliphatic carbocycles. The highest BCUT2D eigenvalue weighted by molar-refractivity contribution is 6.30. The maximum atomic E-state index is 11.7. The first-order chi connectivity index (χ1) is 12.9. The Hall–Kier alpha value is -3.19. The van der Waals surface area contributed by atoms with E-state index >= 15 is 0 Å². The van der Waals surface area contributed by atoms with Crippen molar-refractivity contribution in [3.05, 3.63) is 75.6 Å². The zero-order valence-electron chi connectivity index (χ0n) is 14.8. The Bertz CT molecular complexity index is 961. The van der Waals surface area contributed by atoms with Crippen LogP contribution < -0.4 is 10.6 Å². The molecule has 3 rings (SSSR count). The van der Waals surface area contributed by atoms with Crippen LogP contribution in [0, 0.1) is 10.1 Å². The predicted molar refractivity (Wildman–Crippen MR) is 107 cm³/mol. The number of nitro groups is 1. The van der Waals surface area contributed by atoms with E-state index in [0.29, 0.717) is 22.3 Å². The van der Waals surface area contributed by atoms with Crippen LogP contribution in [-0.4, -0.2) is 14.9 Å². The molecular weight excluding hydrogens is 366 g/mol. The summed E-state index contributed by atoms with van der Waals surface area (Å²) in [5.74, 6) is 0.594. The van der Waals surface area contributed by atoms with Crippen LogP contribution in [0.15, 0.2) is 54.9 Å². The van der Waals surface area contributed by atoms with E-state index in [9.17, 15) is 10.1 Å². The average molecular weight is 384 g/mol. The molecule has 0 unspecified atom stereocenters. The Kier molecular flexibility index (Phi) is 5.52. The summed E-state index contributed by atoms with van der Waals surface area (Å²) >= 11 is 5.97. The summed E-state index contributed by atoms with van der Waals surface area (Å²) in [6, 6.07) is 14.6. The average Bonchev–Trinajstić information content (AvgIpc) is 2.62. The molecule has 0 spiro atoms. The normalized spacial score (nSPS) is 10.7. The highest BCUT2D eigenvalue weighted by Crippen LogP contribution is 2.33. The molecule has 0 saturated carbocycles. The minimum Gasteiger partial charge on any atom is -0.334 e. The van der Waals surface area contributed by atoms with Crippen LogP contribution in [0.4, 0.5) is 28.7 Å². The molecule has 0 atom stereocenters. The van der Waals surface area contributed by atoms with Crippen LogP contribution in [0.25, 0.3) is 0 Å². The Morgan fingerprint density at radius 3 is 2.19 bits per heavy atom. The number of aromatic nitrogens is 2. The van der Waals surface area contributed by atoms with Crippen LogP contribution in [0.5, 0.6) is 0 Å². The molecule has 0 aliphatic heterocycles. The molecule has 1 heterocycles. The molecule has 138 valence electrons. The van der Waals surface area contributed by atoms with E-state index < -0.39 is 4.92 Å². The lowest BCUT2D eigenvalue weighted by Crippen LogP contribution is -2.05. The third kappa shape index (κ3) is 4.51. The van der Waals surface area contributed by atoms with E-state index in [1.54, 1.807) is 24.3 Å². The number of hydrogen-bond donors (Lipinski definition) is 2. The van der Waals surface area contributed by atoms with E-state index in [-0.39, 0.29) is 17.3 Å². The van der Waals surface area contributed by atoms with Gasteiger partial charge in [0, 0.05) is 16.4 Å². The first-order valence-electron chi connectivity index (χ1n) is 8.33. The van der Waals surface area contributed by atoms with Gasteiger partial charge in [0.25, 0.3) is 0 Å². The Morgan fingerprint density at radius 1 is 1.00 bits per heavy atom. The number of nitrogens with one attached hydrogen (secondary N) is 2. The van der Waals surface area contributed by atoms with Gasteiger partial charge in [-0.3, -0.25) is 10.1 Å². The fourth-order valence-corrected chi connectivity index (χ4v) is 2.72. The van der Waals surface area contributed by atoms with Gasteiger partial charge in [-0.2, -0.15) is 0 Å². The van der Waals surface area contributed by atoms with Crippen molar-refractivity contribution in [1.29, 1.82) is 0 Å². The summed E-state index contributed by atoms with van der Waals surface area (Å²) < 4.78 is 0. The first-order valence-corrected chi connectivity index (χ1v) is 8.71. The van der Waals surface area contributed by atoms with Crippen molar-refractivity contribution >= 4 is 40.3 Å². The topological polar surface area (TPSA) is 93.0 Å². The molecule has 27 heavy (non-hydrogen) atoms. The standard InChI is InChI=1S/C19H18ClN5O2/c1-12(2)13-6-8-15(9-7-13)23-18-17(25(26)27)19(22-11-21-18)24-16-5-3-4-14(20)10-16/h3-12H,1-2H3,(H2,21,22,23,24). The molecular formula is C19H18ClN5O2. The predicted octanol–water partition coefficient (Wildman–Crippen LogP) is 5.65. The van der Waals surface area contributed by atoms with Gasteiger partial charge >= 0.3 is 5.69 Å². The maximum absolute atomic E-state index is 11.7. The van der Waals surface area contributed by atoms with Gasteiger partial charge in [0.2, 0.25) is 11.6 Å². The van der Waals surface area contributed by atoms with Crippen molar-refractivity contribution in [3.8, 4) is 0 Å². The van der Waals surface area contributed by atoms with Crippen LogP contribution in [0.3, 0.4) is 0 Å². The zero-order valence-corrected chi connectivity index (χ0v) is 15.6. The van der Waals surface area contributed by atoms with Crippen LogP contribution >= 0.6 is 11.6 Å².